The standard InChI is InChI=1S/C23H30N2O3S/c1-4-22(19-10-8-17(2)9-11-19)24-23(26)20-6-5-7-21(16-20)29(27,28)25-14-12-18(3)13-15-25/h5-11,16,18,22H,4,12-15H2,1-3H3,(H,24,26)/t22-/m0/s1. The second-order valence-electron chi connectivity index (χ2n) is 7.96. The van der Waals surface area contributed by atoms with E-state index in [1.165, 1.54) is 15.9 Å². The maximum Gasteiger partial charge on any atom is 0.251 e. The molecule has 156 valence electrons. The zero-order valence-electron chi connectivity index (χ0n) is 17.4. The Morgan fingerprint density at radius 3 is 2.41 bits per heavy atom. The molecule has 29 heavy (non-hydrogen) atoms. The summed E-state index contributed by atoms with van der Waals surface area (Å²) in [4.78, 5) is 13.0. The van der Waals surface area contributed by atoms with Gasteiger partial charge >= 0.3 is 0 Å². The molecule has 2 aromatic carbocycles. The Kier molecular flexibility index (Phi) is 6.75. The van der Waals surface area contributed by atoms with Gasteiger partial charge in [0.2, 0.25) is 10.0 Å². The first-order valence-electron chi connectivity index (χ1n) is 10.3. The Labute approximate surface area is 174 Å². The van der Waals surface area contributed by atoms with Gasteiger partial charge in [0.25, 0.3) is 5.91 Å². The lowest BCUT2D eigenvalue weighted by Crippen LogP contribution is -2.38. The maximum atomic E-state index is 13.0. The number of nitrogens with zero attached hydrogens (tertiary/aromatic N) is 1. The molecule has 0 aromatic heterocycles. The highest BCUT2D eigenvalue weighted by Gasteiger charge is 2.28. The summed E-state index contributed by atoms with van der Waals surface area (Å²) >= 11 is 0. The molecule has 1 saturated heterocycles. The fourth-order valence-electron chi connectivity index (χ4n) is 3.63. The van der Waals surface area contributed by atoms with E-state index in [0.717, 1.165) is 24.8 Å². The largest absolute Gasteiger partial charge is 0.345 e. The molecule has 1 fully saturated rings. The zero-order valence-corrected chi connectivity index (χ0v) is 18.2. The number of piperidine rings is 1. The molecular weight excluding hydrogens is 384 g/mol. The van der Waals surface area contributed by atoms with Gasteiger partial charge in [-0.3, -0.25) is 4.79 Å². The number of carbonyl (C=O) groups excluding carboxylic acids is 1. The van der Waals surface area contributed by atoms with Crippen molar-refractivity contribution in [1.29, 1.82) is 0 Å². The van der Waals surface area contributed by atoms with Crippen LogP contribution in [0, 0.1) is 12.8 Å². The smallest absolute Gasteiger partial charge is 0.251 e. The van der Waals surface area contributed by atoms with Gasteiger partial charge in [0.1, 0.15) is 0 Å². The predicted octanol–water partition coefficient (Wildman–Crippen LogP) is 4.30. The van der Waals surface area contributed by atoms with Crippen molar-refractivity contribution in [3.8, 4) is 0 Å². The van der Waals surface area contributed by atoms with Crippen LogP contribution in [0.4, 0.5) is 0 Å². The summed E-state index contributed by atoms with van der Waals surface area (Å²) < 4.78 is 27.5. The van der Waals surface area contributed by atoms with Gasteiger partial charge in [-0.1, -0.05) is 49.7 Å². The molecule has 1 N–H and O–H groups in total. The topological polar surface area (TPSA) is 66.5 Å². The number of carbonyl (C=O) groups is 1. The average Bonchev–Trinajstić information content (AvgIpc) is 2.73. The number of rotatable bonds is 6. The third-order valence-corrected chi connectivity index (χ3v) is 7.56. The van der Waals surface area contributed by atoms with E-state index in [1.807, 2.05) is 38.1 Å². The van der Waals surface area contributed by atoms with Crippen molar-refractivity contribution in [3.63, 3.8) is 0 Å². The van der Waals surface area contributed by atoms with Crippen molar-refractivity contribution >= 4 is 15.9 Å². The van der Waals surface area contributed by atoms with Gasteiger partial charge in [-0.25, -0.2) is 8.42 Å². The lowest BCUT2D eigenvalue weighted by atomic mass is 10.0. The Hall–Kier alpha value is -2.18. The number of aryl methyl sites for hydroxylation is 1. The van der Waals surface area contributed by atoms with E-state index in [-0.39, 0.29) is 16.8 Å². The minimum atomic E-state index is -3.58. The van der Waals surface area contributed by atoms with Crippen molar-refractivity contribution in [2.75, 3.05) is 13.1 Å². The van der Waals surface area contributed by atoms with E-state index >= 15 is 0 Å². The number of hydrogen-bond acceptors (Lipinski definition) is 3. The predicted molar refractivity (Wildman–Crippen MR) is 115 cm³/mol. The van der Waals surface area contributed by atoms with E-state index < -0.39 is 10.0 Å². The minimum Gasteiger partial charge on any atom is -0.345 e. The zero-order chi connectivity index (χ0) is 21.0. The van der Waals surface area contributed by atoms with Crippen LogP contribution in [0.2, 0.25) is 0 Å². The van der Waals surface area contributed by atoms with E-state index in [0.29, 0.717) is 24.6 Å². The molecule has 1 amide bonds. The summed E-state index contributed by atoms with van der Waals surface area (Å²) in [5, 5.41) is 3.04. The van der Waals surface area contributed by atoms with Gasteiger partial charge in [-0.15, -0.1) is 0 Å². The molecular formula is C23H30N2O3S. The van der Waals surface area contributed by atoms with Crippen molar-refractivity contribution in [3.05, 3.63) is 65.2 Å². The lowest BCUT2D eigenvalue weighted by molar-refractivity contribution is 0.0935. The Bertz CT molecular complexity index is 946. The van der Waals surface area contributed by atoms with Crippen LogP contribution in [0.15, 0.2) is 53.4 Å². The summed E-state index contributed by atoms with van der Waals surface area (Å²) in [5.41, 5.74) is 2.57. The highest BCUT2D eigenvalue weighted by molar-refractivity contribution is 7.89. The Balaban J connectivity index is 1.77. The summed E-state index contributed by atoms with van der Waals surface area (Å²) in [7, 11) is -3.58. The van der Waals surface area contributed by atoms with Gasteiger partial charge < -0.3 is 5.32 Å². The number of nitrogens with one attached hydrogen (secondary N) is 1. The fraction of sp³-hybridized carbons (Fsp3) is 0.435. The molecule has 2 aromatic rings. The number of sulfonamides is 1. The maximum absolute atomic E-state index is 13.0. The molecule has 1 aliphatic rings. The van der Waals surface area contributed by atoms with E-state index in [2.05, 4.69) is 12.2 Å². The van der Waals surface area contributed by atoms with Crippen molar-refractivity contribution < 1.29 is 13.2 Å². The molecule has 6 heteroatoms. The van der Waals surface area contributed by atoms with E-state index in [4.69, 9.17) is 0 Å². The summed E-state index contributed by atoms with van der Waals surface area (Å²) in [6.45, 7) is 7.25. The van der Waals surface area contributed by atoms with Crippen molar-refractivity contribution in [1.82, 2.24) is 9.62 Å². The third-order valence-electron chi connectivity index (χ3n) is 5.67. The molecule has 1 heterocycles. The highest BCUT2D eigenvalue weighted by atomic mass is 32.2. The summed E-state index contributed by atoms with van der Waals surface area (Å²) in [6, 6.07) is 14.3. The van der Waals surface area contributed by atoms with Crippen LogP contribution in [0.5, 0.6) is 0 Å². The van der Waals surface area contributed by atoms with Crippen LogP contribution in [0.25, 0.3) is 0 Å². The van der Waals surface area contributed by atoms with Crippen LogP contribution in [-0.2, 0) is 10.0 Å². The molecule has 5 nitrogen and oxygen atoms in total. The van der Waals surface area contributed by atoms with Crippen LogP contribution in [0.1, 0.15) is 60.6 Å². The molecule has 1 aliphatic heterocycles. The first kappa shape index (κ1) is 21.5. The number of hydrogen-bond donors (Lipinski definition) is 1. The normalized spacial score (nSPS) is 17.1. The van der Waals surface area contributed by atoms with Crippen molar-refractivity contribution in [2.24, 2.45) is 5.92 Å². The second kappa shape index (κ2) is 9.09. The van der Waals surface area contributed by atoms with Gasteiger partial charge in [-0.2, -0.15) is 4.31 Å². The quantitative estimate of drug-likeness (QED) is 0.766. The van der Waals surface area contributed by atoms with Crippen LogP contribution in [-0.4, -0.2) is 31.7 Å². The van der Waals surface area contributed by atoms with Crippen LogP contribution >= 0.6 is 0 Å². The van der Waals surface area contributed by atoms with Gasteiger partial charge in [0.05, 0.1) is 10.9 Å². The summed E-state index contributed by atoms with van der Waals surface area (Å²) in [6.07, 6.45) is 2.49. The highest BCUT2D eigenvalue weighted by Crippen LogP contribution is 2.24. The molecule has 0 bridgehead atoms. The third kappa shape index (κ3) is 5.06. The van der Waals surface area contributed by atoms with Gasteiger partial charge in [0, 0.05) is 18.7 Å². The fourth-order valence-corrected chi connectivity index (χ4v) is 5.15. The van der Waals surface area contributed by atoms with Crippen LogP contribution in [0.3, 0.4) is 0 Å². The summed E-state index contributed by atoms with van der Waals surface area (Å²) in [5.74, 6) is 0.285. The Morgan fingerprint density at radius 1 is 1.14 bits per heavy atom. The van der Waals surface area contributed by atoms with Crippen molar-refractivity contribution in [2.45, 2.75) is 51.0 Å². The van der Waals surface area contributed by atoms with Gasteiger partial charge in [0.15, 0.2) is 0 Å². The average molecular weight is 415 g/mol. The van der Waals surface area contributed by atoms with Crippen LogP contribution < -0.4 is 5.32 Å². The molecule has 0 radical (unpaired) electrons. The minimum absolute atomic E-state index is 0.119. The molecule has 0 unspecified atom stereocenters. The van der Waals surface area contributed by atoms with E-state index in [9.17, 15) is 13.2 Å². The lowest BCUT2D eigenvalue weighted by Gasteiger charge is -2.29. The SMILES string of the molecule is CC[C@H](NC(=O)c1cccc(S(=O)(=O)N2CCC(C)CC2)c1)c1ccc(C)cc1. The first-order valence-corrected chi connectivity index (χ1v) is 11.7. The second-order valence-corrected chi connectivity index (χ2v) is 9.90. The monoisotopic (exact) mass is 414 g/mol. The first-order chi connectivity index (χ1) is 13.8. The molecule has 3 rings (SSSR count). The Morgan fingerprint density at radius 2 is 1.79 bits per heavy atom. The number of amides is 1. The number of benzene rings is 2. The molecule has 1 atom stereocenters. The molecule has 0 spiro atoms. The van der Waals surface area contributed by atoms with E-state index in [1.54, 1.807) is 18.2 Å². The molecule has 0 saturated carbocycles. The van der Waals surface area contributed by atoms with Gasteiger partial charge in [-0.05, 0) is 55.9 Å². The molecule has 0 aliphatic carbocycles.